The van der Waals surface area contributed by atoms with Crippen LogP contribution in [0.15, 0.2) is 16.0 Å². The van der Waals surface area contributed by atoms with Crippen LogP contribution in [0.3, 0.4) is 0 Å². The molecule has 0 aliphatic heterocycles. The summed E-state index contributed by atoms with van der Waals surface area (Å²) in [4.78, 5) is 40.9. The van der Waals surface area contributed by atoms with Crippen LogP contribution in [0.4, 0.5) is 4.79 Å². The zero-order chi connectivity index (χ0) is 14.0. The van der Waals surface area contributed by atoms with E-state index in [9.17, 15) is 14.4 Å². The number of rotatable bonds is 3. The Hall–Kier alpha value is -2.92. The van der Waals surface area contributed by atoms with E-state index in [2.05, 4.69) is 24.9 Å². The van der Waals surface area contributed by atoms with Gasteiger partial charge >= 0.3 is 104 Å². The van der Waals surface area contributed by atoms with E-state index in [1.807, 2.05) is 0 Å². The fraction of sp³-hybridized carbons (Fsp3) is 0.143. The van der Waals surface area contributed by atoms with Gasteiger partial charge in [-0.05, 0) is 0 Å². The number of nitrogens with zero attached hydrogens (tertiary/aromatic N) is 6. The third-order valence-corrected chi connectivity index (χ3v) is 2.03. The average Bonchev–Trinajstić information content (AvgIpc) is 2.81. The minimum atomic E-state index is -1.12. The summed E-state index contributed by atoms with van der Waals surface area (Å²) >= 11 is 0. The Morgan fingerprint density at radius 3 is 2.89 bits per heavy atom. The number of hydrogen-bond acceptors (Lipinski definition) is 8. The molecule has 0 saturated heterocycles. The molecule has 2 rings (SSSR count). The number of carbonyl (C=O) groups is 2. The maximum absolute atomic E-state index is 11.8. The molecule has 0 aliphatic carbocycles. The second-order valence-electron chi connectivity index (χ2n) is 3.16. The molecule has 1 radical (unpaired) electrons. The Bertz CT molecular complexity index is 735. The first-order chi connectivity index (χ1) is 9.06. The normalized spacial score (nSPS) is 10.3. The first-order valence-corrected chi connectivity index (χ1v) is 4.73. The summed E-state index contributed by atoms with van der Waals surface area (Å²) in [5.74, 6) is -0.876. The zero-order valence-corrected chi connectivity index (χ0v) is 9.26. The summed E-state index contributed by atoms with van der Waals surface area (Å²) < 4.78 is 5.62. The Morgan fingerprint density at radius 1 is 1.53 bits per heavy atom. The summed E-state index contributed by atoms with van der Waals surface area (Å²) in [6.07, 6.45) is -0.133. The van der Waals surface area contributed by atoms with Crippen LogP contribution < -0.4 is 11.4 Å². The van der Waals surface area contributed by atoms with Gasteiger partial charge in [0, 0.05) is 0 Å². The second kappa shape index (κ2) is 4.76. The van der Waals surface area contributed by atoms with Crippen molar-refractivity contribution in [3.8, 4) is 0 Å². The van der Waals surface area contributed by atoms with Crippen LogP contribution in [0.2, 0.25) is 0 Å². The second-order valence-corrected chi connectivity index (χ2v) is 3.16. The number of fused-ring (bicyclic) bond motifs is 1. The summed E-state index contributed by atoms with van der Waals surface area (Å²) in [7, 11) is 4.78. The van der Waals surface area contributed by atoms with Crippen LogP contribution in [-0.2, 0) is 4.74 Å². The molecule has 95 valence electrons. The third kappa shape index (κ3) is 2.10. The van der Waals surface area contributed by atoms with Crippen molar-refractivity contribution in [2.45, 2.75) is 0 Å². The van der Waals surface area contributed by atoms with Gasteiger partial charge in [-0.25, -0.2) is 0 Å². The average molecular weight is 262 g/mol. The topological polar surface area (TPSA) is 147 Å². The fourth-order valence-electron chi connectivity index (χ4n) is 1.25. The molecule has 12 heteroatoms. The van der Waals surface area contributed by atoms with E-state index in [1.54, 1.807) is 0 Å². The maximum atomic E-state index is 11.8. The van der Waals surface area contributed by atoms with Crippen LogP contribution in [-0.4, -0.2) is 50.7 Å². The van der Waals surface area contributed by atoms with Crippen molar-refractivity contribution in [3.05, 3.63) is 22.5 Å². The SMILES string of the molecule is [B]=NCOC(=O)n1nnc2c(C(N)=O)ncn2c1=O. The summed E-state index contributed by atoms with van der Waals surface area (Å²) in [6.45, 7) is -0.443. The number of carbonyl (C=O) groups excluding carboxylic acids is 2. The van der Waals surface area contributed by atoms with Gasteiger partial charge in [0.1, 0.15) is 0 Å². The van der Waals surface area contributed by atoms with Crippen LogP contribution in [0.1, 0.15) is 10.5 Å². The van der Waals surface area contributed by atoms with Gasteiger partial charge in [-0.15, -0.1) is 0 Å². The zero-order valence-electron chi connectivity index (χ0n) is 9.26. The van der Waals surface area contributed by atoms with Crippen molar-refractivity contribution in [2.75, 3.05) is 6.73 Å². The van der Waals surface area contributed by atoms with E-state index in [1.165, 1.54) is 0 Å². The van der Waals surface area contributed by atoms with Crippen molar-refractivity contribution in [3.63, 3.8) is 0 Å². The first kappa shape index (κ1) is 12.5. The molecule has 0 aliphatic rings. The Balaban J connectivity index is 2.53. The first-order valence-electron chi connectivity index (χ1n) is 4.73. The van der Waals surface area contributed by atoms with Crippen LogP contribution in [0.25, 0.3) is 5.65 Å². The van der Waals surface area contributed by atoms with Crippen molar-refractivity contribution in [1.82, 2.24) is 24.4 Å². The van der Waals surface area contributed by atoms with Crippen molar-refractivity contribution in [1.29, 1.82) is 0 Å². The van der Waals surface area contributed by atoms with Gasteiger partial charge in [-0.1, -0.05) is 0 Å². The molecule has 0 aromatic carbocycles. The van der Waals surface area contributed by atoms with Gasteiger partial charge in [0.15, 0.2) is 0 Å². The molecule has 0 saturated carbocycles. The predicted molar refractivity (Wildman–Crippen MR) is 58.5 cm³/mol. The number of ether oxygens (including phenoxy) is 1. The van der Waals surface area contributed by atoms with E-state index in [-0.39, 0.29) is 11.3 Å². The number of aromatic nitrogens is 5. The Morgan fingerprint density at radius 2 is 2.26 bits per heavy atom. The predicted octanol–water partition coefficient (Wildman–Crippen LogP) is -2.32. The van der Waals surface area contributed by atoms with Gasteiger partial charge in [0.25, 0.3) is 0 Å². The minimum absolute atomic E-state index is 0.162. The van der Waals surface area contributed by atoms with Crippen LogP contribution in [0.5, 0.6) is 0 Å². The van der Waals surface area contributed by atoms with Crippen molar-refractivity contribution >= 4 is 25.3 Å². The van der Waals surface area contributed by atoms with Gasteiger partial charge in [0.05, 0.1) is 0 Å². The van der Waals surface area contributed by atoms with Gasteiger partial charge in [-0.3, -0.25) is 0 Å². The van der Waals surface area contributed by atoms with E-state index >= 15 is 0 Å². The van der Waals surface area contributed by atoms with Crippen molar-refractivity contribution in [2.24, 2.45) is 10.6 Å². The molecular formula is C7H5BN7O4. The van der Waals surface area contributed by atoms with E-state index < -0.39 is 24.4 Å². The quantitative estimate of drug-likeness (QED) is 0.610. The molecule has 2 aromatic rings. The van der Waals surface area contributed by atoms with Gasteiger partial charge in [0.2, 0.25) is 0 Å². The monoisotopic (exact) mass is 262 g/mol. The standard InChI is InChI=1S/C7H5BN7O4/c8-11-2-19-7(18)15-6(17)14-1-10-3(4(9)16)5(14)12-13-15/h1H,2H2,(H2,9,16). The Labute approximate surface area is 105 Å². The van der Waals surface area contributed by atoms with Gasteiger partial charge in [-0.2, -0.15) is 0 Å². The van der Waals surface area contributed by atoms with Crippen LogP contribution in [0, 0.1) is 0 Å². The van der Waals surface area contributed by atoms with E-state index in [0.29, 0.717) is 4.68 Å². The molecule has 2 heterocycles. The number of hydrogen-bond donors (Lipinski definition) is 1. The molecule has 0 bridgehead atoms. The number of primary amides is 1. The molecule has 0 fully saturated rings. The number of amides is 1. The Kier molecular flexibility index (Phi) is 3.14. The summed E-state index contributed by atoms with van der Waals surface area (Å²) in [6, 6.07) is 0. The molecule has 2 aromatic heterocycles. The summed E-state index contributed by atoms with van der Waals surface area (Å²) in [5.41, 5.74) is 3.71. The third-order valence-electron chi connectivity index (χ3n) is 2.03. The fourth-order valence-corrected chi connectivity index (χ4v) is 1.25. The summed E-state index contributed by atoms with van der Waals surface area (Å²) in [5, 5.41) is 6.81. The van der Waals surface area contributed by atoms with Gasteiger partial charge < -0.3 is 0 Å². The number of nitrogens with two attached hydrogens (primary N) is 1. The molecule has 1 amide bonds. The molecule has 2 N–H and O–H groups in total. The molecule has 0 spiro atoms. The van der Waals surface area contributed by atoms with E-state index in [4.69, 9.17) is 13.4 Å². The van der Waals surface area contributed by atoms with Crippen molar-refractivity contribution < 1.29 is 14.3 Å². The van der Waals surface area contributed by atoms with E-state index in [0.717, 1.165) is 10.7 Å². The molecule has 0 unspecified atom stereocenters. The number of imidazole rings is 1. The van der Waals surface area contributed by atoms with Crippen LogP contribution >= 0.6 is 0 Å². The molecule has 0 atom stereocenters. The molecule has 11 nitrogen and oxygen atoms in total. The molecule has 19 heavy (non-hydrogen) atoms. The molecular weight excluding hydrogens is 257 g/mol.